The van der Waals surface area contributed by atoms with Crippen molar-refractivity contribution in [3.05, 3.63) is 59.7 Å². The number of thiol groups is 1. The lowest BCUT2D eigenvalue weighted by molar-refractivity contribution is 1.41. The van der Waals surface area contributed by atoms with E-state index in [1.807, 2.05) is 24.3 Å². The van der Waals surface area contributed by atoms with E-state index in [-0.39, 0.29) is 0 Å². The summed E-state index contributed by atoms with van der Waals surface area (Å²) in [7, 11) is 0. The summed E-state index contributed by atoms with van der Waals surface area (Å²) >= 11 is 4.12. The molecule has 0 fully saturated rings. The Kier molecular flexibility index (Phi) is 4.25. The summed E-state index contributed by atoms with van der Waals surface area (Å²) in [4.78, 5) is 0. The zero-order valence-corrected chi connectivity index (χ0v) is 9.72. The van der Waals surface area contributed by atoms with Gasteiger partial charge in [-0.1, -0.05) is 43.5 Å². The summed E-state index contributed by atoms with van der Waals surface area (Å²) in [6.07, 6.45) is 5.70. The first kappa shape index (κ1) is 11.7. The van der Waals surface area contributed by atoms with Gasteiger partial charge in [-0.2, -0.15) is 0 Å². The molecule has 0 aromatic heterocycles. The van der Waals surface area contributed by atoms with Crippen LogP contribution in [0.15, 0.2) is 48.5 Å². The molecule has 1 rings (SSSR count). The summed E-state index contributed by atoms with van der Waals surface area (Å²) in [6.45, 7) is 9.41. The van der Waals surface area contributed by atoms with Gasteiger partial charge in [-0.3, -0.25) is 0 Å². The quantitative estimate of drug-likeness (QED) is 0.573. The average Bonchev–Trinajstić information content (AvgIpc) is 2.19. The monoisotopic (exact) mass is 217 g/mol. The van der Waals surface area contributed by atoms with Crippen LogP contribution in [0.3, 0.4) is 0 Å². The number of anilines is 1. The van der Waals surface area contributed by atoms with Crippen molar-refractivity contribution in [1.29, 1.82) is 0 Å². The minimum absolute atomic E-state index is 0.642. The van der Waals surface area contributed by atoms with Gasteiger partial charge in [0.15, 0.2) is 0 Å². The summed E-state index contributed by atoms with van der Waals surface area (Å²) in [5.74, 6) is 0. The fourth-order valence-corrected chi connectivity index (χ4v) is 1.42. The van der Waals surface area contributed by atoms with Crippen LogP contribution in [0.5, 0.6) is 0 Å². The molecule has 0 heterocycles. The highest BCUT2D eigenvalue weighted by molar-refractivity contribution is 7.84. The van der Waals surface area contributed by atoms with Crippen LogP contribution in [0.4, 0.5) is 5.69 Å². The maximum absolute atomic E-state index is 4.12. The molecule has 1 aromatic rings. The Morgan fingerprint density at radius 2 is 2.20 bits per heavy atom. The van der Waals surface area contributed by atoms with E-state index in [1.165, 1.54) is 5.56 Å². The highest BCUT2D eigenvalue weighted by Gasteiger charge is 2.00. The van der Waals surface area contributed by atoms with Crippen molar-refractivity contribution in [3.8, 4) is 0 Å². The SMILES string of the molecule is C=C/C=C\c1cccc(NC(=C)S)c1C. The molecule has 0 saturated heterocycles. The molecular formula is C13H15NS. The van der Waals surface area contributed by atoms with Gasteiger partial charge in [-0.15, -0.1) is 12.6 Å². The number of rotatable bonds is 4. The third-order valence-corrected chi connectivity index (χ3v) is 2.18. The van der Waals surface area contributed by atoms with Crippen LogP contribution in [-0.4, -0.2) is 0 Å². The lowest BCUT2D eigenvalue weighted by Gasteiger charge is -2.10. The van der Waals surface area contributed by atoms with Crippen LogP contribution >= 0.6 is 12.6 Å². The van der Waals surface area contributed by atoms with Crippen molar-refractivity contribution in [2.75, 3.05) is 5.32 Å². The standard InChI is InChI=1S/C13H15NS/c1-4-5-7-12-8-6-9-13(10(12)2)14-11(3)15/h4-9,14-15H,1,3H2,2H3/b7-5-. The van der Waals surface area contributed by atoms with Gasteiger partial charge in [0.25, 0.3) is 0 Å². The van der Waals surface area contributed by atoms with Gasteiger partial charge >= 0.3 is 0 Å². The zero-order chi connectivity index (χ0) is 11.3. The third-order valence-electron chi connectivity index (χ3n) is 2.07. The maximum Gasteiger partial charge on any atom is 0.0621 e. The molecule has 15 heavy (non-hydrogen) atoms. The number of hydrogen-bond donors (Lipinski definition) is 2. The van der Waals surface area contributed by atoms with Crippen LogP contribution in [0.2, 0.25) is 0 Å². The molecule has 1 N–H and O–H groups in total. The average molecular weight is 217 g/mol. The summed E-state index contributed by atoms with van der Waals surface area (Å²) in [6, 6.07) is 6.05. The predicted octanol–water partition coefficient (Wildman–Crippen LogP) is 4.01. The Bertz CT molecular complexity index is 405. The van der Waals surface area contributed by atoms with E-state index in [1.54, 1.807) is 6.08 Å². The molecular weight excluding hydrogens is 202 g/mol. The van der Waals surface area contributed by atoms with Crippen molar-refractivity contribution in [2.24, 2.45) is 0 Å². The maximum atomic E-state index is 4.12. The molecule has 2 heteroatoms. The highest BCUT2D eigenvalue weighted by atomic mass is 32.1. The van der Waals surface area contributed by atoms with Gasteiger partial charge in [0.05, 0.1) is 5.03 Å². The summed E-state index contributed by atoms with van der Waals surface area (Å²) in [5.41, 5.74) is 3.36. The minimum atomic E-state index is 0.642. The first-order valence-corrected chi connectivity index (χ1v) is 5.13. The van der Waals surface area contributed by atoms with E-state index in [4.69, 9.17) is 0 Å². The summed E-state index contributed by atoms with van der Waals surface area (Å²) in [5, 5.41) is 3.74. The molecule has 0 saturated carbocycles. The molecule has 0 aliphatic heterocycles. The third kappa shape index (κ3) is 3.33. The second-order valence-electron chi connectivity index (χ2n) is 3.19. The molecule has 0 atom stereocenters. The number of allylic oxidation sites excluding steroid dienone is 2. The zero-order valence-electron chi connectivity index (χ0n) is 8.83. The molecule has 0 aliphatic rings. The molecule has 1 nitrogen and oxygen atoms in total. The number of hydrogen-bond acceptors (Lipinski definition) is 2. The fraction of sp³-hybridized carbons (Fsp3) is 0.0769. The van der Waals surface area contributed by atoms with Gasteiger partial charge in [-0.25, -0.2) is 0 Å². The van der Waals surface area contributed by atoms with Crippen molar-refractivity contribution in [1.82, 2.24) is 0 Å². The Hall–Kier alpha value is -1.41. The molecule has 1 aromatic carbocycles. The first-order valence-electron chi connectivity index (χ1n) is 4.68. The van der Waals surface area contributed by atoms with Crippen molar-refractivity contribution < 1.29 is 0 Å². The van der Waals surface area contributed by atoms with Crippen LogP contribution in [0, 0.1) is 6.92 Å². The van der Waals surface area contributed by atoms with Crippen LogP contribution < -0.4 is 5.32 Å². The van der Waals surface area contributed by atoms with Gasteiger partial charge < -0.3 is 5.32 Å². The van der Waals surface area contributed by atoms with E-state index in [0.29, 0.717) is 5.03 Å². The molecule has 78 valence electrons. The smallest absolute Gasteiger partial charge is 0.0621 e. The van der Waals surface area contributed by atoms with E-state index >= 15 is 0 Å². The van der Waals surface area contributed by atoms with E-state index in [9.17, 15) is 0 Å². The molecule has 0 radical (unpaired) electrons. The van der Waals surface area contributed by atoms with Crippen molar-refractivity contribution in [2.45, 2.75) is 6.92 Å². The first-order chi connectivity index (χ1) is 7.15. The van der Waals surface area contributed by atoms with Crippen LogP contribution in [-0.2, 0) is 0 Å². The van der Waals surface area contributed by atoms with Crippen LogP contribution in [0.1, 0.15) is 11.1 Å². The second kappa shape index (κ2) is 5.47. The molecule has 0 amide bonds. The van der Waals surface area contributed by atoms with Crippen molar-refractivity contribution in [3.63, 3.8) is 0 Å². The molecule has 0 bridgehead atoms. The van der Waals surface area contributed by atoms with Gasteiger partial charge in [-0.05, 0) is 24.1 Å². The number of benzene rings is 1. The fourth-order valence-electron chi connectivity index (χ4n) is 1.30. The van der Waals surface area contributed by atoms with E-state index in [0.717, 1.165) is 11.3 Å². The minimum Gasteiger partial charge on any atom is -0.351 e. The summed E-state index contributed by atoms with van der Waals surface area (Å²) < 4.78 is 0. The highest BCUT2D eigenvalue weighted by Crippen LogP contribution is 2.21. The normalized spacial score (nSPS) is 10.3. The van der Waals surface area contributed by atoms with Gasteiger partial charge in [0.2, 0.25) is 0 Å². The lowest BCUT2D eigenvalue weighted by atomic mass is 10.1. The Labute approximate surface area is 96.6 Å². The largest absolute Gasteiger partial charge is 0.351 e. The number of nitrogens with one attached hydrogen (secondary N) is 1. The van der Waals surface area contributed by atoms with E-state index < -0.39 is 0 Å². The molecule has 0 aliphatic carbocycles. The Balaban J connectivity index is 3.05. The van der Waals surface area contributed by atoms with Crippen LogP contribution in [0.25, 0.3) is 6.08 Å². The van der Waals surface area contributed by atoms with E-state index in [2.05, 4.69) is 44.1 Å². The topological polar surface area (TPSA) is 12.0 Å². The Morgan fingerprint density at radius 3 is 2.80 bits per heavy atom. The van der Waals surface area contributed by atoms with Gasteiger partial charge in [0.1, 0.15) is 0 Å². The lowest BCUT2D eigenvalue weighted by Crippen LogP contribution is -1.95. The van der Waals surface area contributed by atoms with Crippen molar-refractivity contribution >= 4 is 24.4 Å². The van der Waals surface area contributed by atoms with Gasteiger partial charge in [0, 0.05) is 5.69 Å². The Morgan fingerprint density at radius 1 is 1.47 bits per heavy atom. The molecule has 0 unspecified atom stereocenters. The molecule has 0 spiro atoms. The second-order valence-corrected chi connectivity index (χ2v) is 3.73. The predicted molar refractivity (Wildman–Crippen MR) is 72.2 cm³/mol.